The molecule has 0 radical (unpaired) electrons. The number of carbonyl (C=O) groups is 2. The molecule has 0 amide bonds. The topological polar surface area (TPSA) is 47.3 Å². The molecule has 0 aliphatic rings. The van der Waals surface area contributed by atoms with Crippen molar-refractivity contribution in [2.24, 2.45) is 5.92 Å². The van der Waals surface area contributed by atoms with Gasteiger partial charge in [0.15, 0.2) is 17.3 Å². The van der Waals surface area contributed by atoms with Crippen LogP contribution in [0.1, 0.15) is 160 Å². The van der Waals surface area contributed by atoms with Gasteiger partial charge in [0.25, 0.3) is 0 Å². The third-order valence-electron chi connectivity index (χ3n) is 9.07. The zero-order valence-electron chi connectivity index (χ0n) is 27.5. The first kappa shape index (κ1) is 34.5. The monoisotopic (exact) mass is 584 g/mol. The van der Waals surface area contributed by atoms with Crippen LogP contribution in [0.15, 0.2) is 65.3 Å². The van der Waals surface area contributed by atoms with Crippen molar-refractivity contribution in [3.05, 3.63) is 94.4 Å². The highest BCUT2D eigenvalue weighted by molar-refractivity contribution is 5.96. The number of hydrogen-bond donors (Lipinski definition) is 0. The fourth-order valence-electron chi connectivity index (χ4n) is 6.43. The largest absolute Gasteiger partial charge is 0.461 e. The molecule has 0 N–H and O–H groups in total. The number of benzene rings is 2. The van der Waals surface area contributed by atoms with Crippen LogP contribution in [0.3, 0.4) is 0 Å². The van der Waals surface area contributed by atoms with Gasteiger partial charge in [-0.2, -0.15) is 0 Å². The first-order valence-corrected chi connectivity index (χ1v) is 17.2. The molecule has 2 aromatic carbocycles. The number of ketones is 2. The lowest BCUT2D eigenvalue weighted by Gasteiger charge is -2.20. The molecule has 2 atom stereocenters. The Balaban J connectivity index is 1.65. The first-order valence-electron chi connectivity index (χ1n) is 17.2. The second kappa shape index (κ2) is 19.4. The summed E-state index contributed by atoms with van der Waals surface area (Å²) in [4.78, 5) is 26.1. The van der Waals surface area contributed by atoms with E-state index in [2.05, 4.69) is 64.1 Å². The second-order valence-electron chi connectivity index (χ2n) is 12.7. The number of carbonyl (C=O) groups excluding carboxylic acids is 2. The van der Waals surface area contributed by atoms with Crippen LogP contribution in [0.4, 0.5) is 0 Å². The van der Waals surface area contributed by atoms with E-state index in [0.29, 0.717) is 24.5 Å². The predicted molar refractivity (Wildman–Crippen MR) is 180 cm³/mol. The third kappa shape index (κ3) is 11.9. The van der Waals surface area contributed by atoms with Crippen molar-refractivity contribution in [2.45, 2.75) is 136 Å². The number of furan rings is 1. The maximum atomic E-state index is 13.2. The minimum absolute atomic E-state index is 0.0142. The van der Waals surface area contributed by atoms with Gasteiger partial charge >= 0.3 is 0 Å². The van der Waals surface area contributed by atoms with Crippen molar-refractivity contribution >= 4 is 11.6 Å². The van der Waals surface area contributed by atoms with Crippen molar-refractivity contribution in [3.63, 3.8) is 0 Å². The molecule has 1 heterocycles. The van der Waals surface area contributed by atoms with Crippen LogP contribution in [-0.4, -0.2) is 11.6 Å². The molecule has 0 aliphatic heterocycles. The van der Waals surface area contributed by atoms with Crippen molar-refractivity contribution in [3.8, 4) is 0 Å². The summed E-state index contributed by atoms with van der Waals surface area (Å²) < 4.78 is 5.38. The lowest BCUT2D eigenvalue weighted by molar-refractivity contribution is 0.0947. The van der Waals surface area contributed by atoms with Crippen molar-refractivity contribution in [2.75, 3.05) is 0 Å². The Morgan fingerprint density at radius 3 is 2.19 bits per heavy atom. The van der Waals surface area contributed by atoms with Gasteiger partial charge in [-0.3, -0.25) is 9.59 Å². The molecule has 1 aromatic heterocycles. The van der Waals surface area contributed by atoms with E-state index >= 15 is 0 Å². The number of rotatable bonds is 22. The van der Waals surface area contributed by atoms with E-state index in [1.807, 2.05) is 6.07 Å². The van der Waals surface area contributed by atoms with Gasteiger partial charge in [0.05, 0.1) is 6.26 Å². The molecule has 0 saturated carbocycles. The molecule has 3 aromatic rings. The van der Waals surface area contributed by atoms with E-state index in [9.17, 15) is 9.59 Å². The molecular formula is C40H56O3. The Hall–Kier alpha value is -2.94. The molecule has 0 bridgehead atoms. The standard InChI is InChI=1S/C40H56O3/c1-5-7-8-9-10-11-12-13-23-38(41)36-26-25-34(37(30-36)32(4)28-39(42)40-24-17-27-43-40)22-16-20-33(18-6-2)29-35-21-15-14-19-31(35)3/h14-15,17,19,21,24-27,30,32-33H,5-13,16,18,20,22-23,28-29H2,1-4H3. The molecule has 0 fully saturated rings. The molecule has 234 valence electrons. The molecule has 3 heteroatoms. The Labute approximate surface area is 261 Å². The molecule has 43 heavy (non-hydrogen) atoms. The summed E-state index contributed by atoms with van der Waals surface area (Å²) in [7, 11) is 0. The SMILES string of the molecule is CCCCCCCCCCC(=O)c1ccc(CCCC(CCC)Cc2ccccc2C)c(C(C)CC(=O)c2ccco2)c1. The first-order chi connectivity index (χ1) is 20.9. The average molecular weight is 585 g/mol. The van der Waals surface area contributed by atoms with Gasteiger partial charge < -0.3 is 4.42 Å². The Kier molecular flexibility index (Phi) is 15.6. The summed E-state index contributed by atoms with van der Waals surface area (Å²) in [6.07, 6.45) is 19.2. The summed E-state index contributed by atoms with van der Waals surface area (Å²) in [5, 5.41) is 0. The number of Topliss-reactive ketones (excluding diaryl/α,β-unsaturated/α-hetero) is 2. The van der Waals surface area contributed by atoms with Crippen LogP contribution in [-0.2, 0) is 12.8 Å². The van der Waals surface area contributed by atoms with Gasteiger partial charge in [-0.05, 0) is 91.3 Å². The van der Waals surface area contributed by atoms with Crippen LogP contribution >= 0.6 is 0 Å². The summed E-state index contributed by atoms with van der Waals surface area (Å²) in [5.41, 5.74) is 6.06. The van der Waals surface area contributed by atoms with E-state index in [0.717, 1.165) is 43.2 Å². The van der Waals surface area contributed by atoms with Crippen molar-refractivity contribution < 1.29 is 14.0 Å². The van der Waals surface area contributed by atoms with Crippen molar-refractivity contribution in [1.82, 2.24) is 0 Å². The number of unbranched alkanes of at least 4 members (excludes halogenated alkanes) is 7. The second-order valence-corrected chi connectivity index (χ2v) is 12.7. The van der Waals surface area contributed by atoms with Crippen LogP contribution in [0.2, 0.25) is 0 Å². The van der Waals surface area contributed by atoms with Crippen LogP contribution < -0.4 is 0 Å². The highest BCUT2D eigenvalue weighted by Gasteiger charge is 2.20. The summed E-state index contributed by atoms with van der Waals surface area (Å²) in [6, 6.07) is 18.6. The quantitative estimate of drug-likeness (QED) is 0.0871. The normalized spacial score (nSPS) is 12.7. The smallest absolute Gasteiger partial charge is 0.198 e. The van der Waals surface area contributed by atoms with Gasteiger partial charge in [-0.1, -0.05) is 115 Å². The summed E-state index contributed by atoms with van der Waals surface area (Å²) >= 11 is 0. The van der Waals surface area contributed by atoms with Gasteiger partial charge in [0, 0.05) is 18.4 Å². The van der Waals surface area contributed by atoms with E-state index in [4.69, 9.17) is 4.42 Å². The fraction of sp³-hybridized carbons (Fsp3) is 0.550. The van der Waals surface area contributed by atoms with Crippen LogP contribution in [0.5, 0.6) is 0 Å². The Morgan fingerprint density at radius 1 is 0.744 bits per heavy atom. The summed E-state index contributed by atoms with van der Waals surface area (Å²) in [6.45, 7) is 8.86. The highest BCUT2D eigenvalue weighted by Crippen LogP contribution is 2.29. The Bertz CT molecular complexity index is 1220. The predicted octanol–water partition coefficient (Wildman–Crippen LogP) is 11.7. The molecule has 3 nitrogen and oxygen atoms in total. The summed E-state index contributed by atoms with van der Waals surface area (Å²) in [5.74, 6) is 1.33. The van der Waals surface area contributed by atoms with E-state index in [-0.39, 0.29) is 17.5 Å². The Morgan fingerprint density at radius 2 is 1.49 bits per heavy atom. The van der Waals surface area contributed by atoms with Gasteiger partial charge in [-0.15, -0.1) is 0 Å². The fourth-order valence-corrected chi connectivity index (χ4v) is 6.43. The minimum atomic E-state index is 0.0142. The molecule has 3 rings (SSSR count). The average Bonchev–Trinajstić information content (AvgIpc) is 3.55. The van der Waals surface area contributed by atoms with Crippen LogP contribution in [0.25, 0.3) is 0 Å². The molecule has 0 spiro atoms. The van der Waals surface area contributed by atoms with E-state index in [1.165, 1.54) is 74.5 Å². The highest BCUT2D eigenvalue weighted by atomic mass is 16.3. The minimum Gasteiger partial charge on any atom is -0.461 e. The van der Waals surface area contributed by atoms with Crippen LogP contribution in [0, 0.1) is 12.8 Å². The zero-order valence-corrected chi connectivity index (χ0v) is 27.5. The lowest BCUT2D eigenvalue weighted by atomic mass is 9.85. The van der Waals surface area contributed by atoms with Gasteiger partial charge in [0.1, 0.15) is 0 Å². The number of hydrogen-bond acceptors (Lipinski definition) is 3. The van der Waals surface area contributed by atoms with Gasteiger partial charge in [-0.25, -0.2) is 0 Å². The molecule has 0 saturated heterocycles. The van der Waals surface area contributed by atoms with Gasteiger partial charge in [0.2, 0.25) is 0 Å². The van der Waals surface area contributed by atoms with Crippen molar-refractivity contribution in [1.29, 1.82) is 0 Å². The zero-order chi connectivity index (χ0) is 30.9. The number of aryl methyl sites for hydroxylation is 2. The maximum absolute atomic E-state index is 13.2. The molecule has 2 unspecified atom stereocenters. The van der Waals surface area contributed by atoms with E-state index < -0.39 is 0 Å². The molecular weight excluding hydrogens is 528 g/mol. The third-order valence-corrected chi connectivity index (χ3v) is 9.07. The van der Waals surface area contributed by atoms with E-state index in [1.54, 1.807) is 18.4 Å². The maximum Gasteiger partial charge on any atom is 0.198 e. The molecule has 0 aliphatic carbocycles. The lowest BCUT2D eigenvalue weighted by Crippen LogP contribution is -2.10.